The first-order chi connectivity index (χ1) is 10.2. The van der Waals surface area contributed by atoms with Crippen molar-refractivity contribution in [3.63, 3.8) is 0 Å². The highest BCUT2D eigenvalue weighted by Crippen LogP contribution is 2.18. The van der Waals surface area contributed by atoms with Crippen LogP contribution >= 0.6 is 0 Å². The van der Waals surface area contributed by atoms with Crippen LogP contribution in [0.4, 0.5) is 5.69 Å². The van der Waals surface area contributed by atoms with Gasteiger partial charge in [0.1, 0.15) is 0 Å². The zero-order valence-electron chi connectivity index (χ0n) is 13.9. The van der Waals surface area contributed by atoms with E-state index in [0.717, 1.165) is 6.54 Å². The van der Waals surface area contributed by atoms with Crippen molar-refractivity contribution in [3.05, 3.63) is 29.8 Å². The van der Waals surface area contributed by atoms with E-state index in [0.29, 0.717) is 6.04 Å². The van der Waals surface area contributed by atoms with Crippen LogP contribution in [0.3, 0.4) is 0 Å². The largest absolute Gasteiger partial charge is 0.382 e. The molecule has 3 heteroatoms. The van der Waals surface area contributed by atoms with Crippen LogP contribution in [-0.2, 0) is 6.54 Å². The van der Waals surface area contributed by atoms with Gasteiger partial charge in [0.25, 0.3) is 0 Å². The van der Waals surface area contributed by atoms with Gasteiger partial charge in [-0.25, -0.2) is 0 Å². The summed E-state index contributed by atoms with van der Waals surface area (Å²) in [6.45, 7) is 7.05. The lowest BCUT2D eigenvalue weighted by atomic mass is 10.1. The van der Waals surface area contributed by atoms with Gasteiger partial charge in [0.2, 0.25) is 0 Å². The highest BCUT2D eigenvalue weighted by molar-refractivity contribution is 5.45. The third kappa shape index (κ3) is 5.68. The van der Waals surface area contributed by atoms with Gasteiger partial charge in [-0.05, 0) is 70.6 Å². The molecule has 0 amide bonds. The number of hydrogen-bond donors (Lipinski definition) is 1. The number of benzene rings is 1. The van der Waals surface area contributed by atoms with Gasteiger partial charge in [0.05, 0.1) is 0 Å². The standard InChI is InChI=1S/C18H31N3/c1-4-12-21-13-5-6-17(11-14-21)19-18-9-7-16(8-10-18)15-20(2)3/h7-10,17,19H,4-6,11-15H2,1-3H3. The van der Waals surface area contributed by atoms with Gasteiger partial charge in [-0.1, -0.05) is 19.1 Å². The molecule has 0 bridgehead atoms. The third-order valence-electron chi connectivity index (χ3n) is 4.18. The predicted molar refractivity (Wildman–Crippen MR) is 91.8 cm³/mol. The van der Waals surface area contributed by atoms with Gasteiger partial charge in [-0.3, -0.25) is 0 Å². The summed E-state index contributed by atoms with van der Waals surface area (Å²) in [5.74, 6) is 0. The lowest BCUT2D eigenvalue weighted by molar-refractivity contribution is 0.285. The van der Waals surface area contributed by atoms with E-state index in [1.54, 1.807) is 0 Å². The fourth-order valence-electron chi connectivity index (χ4n) is 3.15. The zero-order valence-corrected chi connectivity index (χ0v) is 13.9. The van der Waals surface area contributed by atoms with Gasteiger partial charge >= 0.3 is 0 Å². The first-order valence-corrected chi connectivity index (χ1v) is 8.40. The molecular weight excluding hydrogens is 258 g/mol. The monoisotopic (exact) mass is 289 g/mol. The highest BCUT2D eigenvalue weighted by Gasteiger charge is 2.16. The number of anilines is 1. The average Bonchev–Trinajstić information content (AvgIpc) is 2.67. The van der Waals surface area contributed by atoms with Crippen molar-refractivity contribution >= 4 is 5.69 Å². The molecule has 118 valence electrons. The summed E-state index contributed by atoms with van der Waals surface area (Å²) in [6.07, 6.45) is 5.14. The topological polar surface area (TPSA) is 18.5 Å². The first-order valence-electron chi connectivity index (χ1n) is 8.40. The minimum Gasteiger partial charge on any atom is -0.382 e. The van der Waals surface area contributed by atoms with E-state index >= 15 is 0 Å². The summed E-state index contributed by atoms with van der Waals surface area (Å²) in [7, 11) is 4.22. The maximum absolute atomic E-state index is 3.72. The van der Waals surface area contributed by atoms with Crippen LogP contribution in [0.1, 0.15) is 38.2 Å². The van der Waals surface area contributed by atoms with E-state index in [9.17, 15) is 0 Å². The van der Waals surface area contributed by atoms with Crippen LogP contribution in [0, 0.1) is 0 Å². The van der Waals surface area contributed by atoms with Crippen LogP contribution in [0.25, 0.3) is 0 Å². The molecule has 1 atom stereocenters. The van der Waals surface area contributed by atoms with E-state index in [4.69, 9.17) is 0 Å². The molecule has 1 saturated heterocycles. The Balaban J connectivity index is 1.83. The van der Waals surface area contributed by atoms with Crippen molar-refractivity contribution in [2.45, 2.75) is 45.2 Å². The Morgan fingerprint density at radius 3 is 2.57 bits per heavy atom. The summed E-state index contributed by atoms with van der Waals surface area (Å²) < 4.78 is 0. The van der Waals surface area contributed by atoms with Gasteiger partial charge in [0.15, 0.2) is 0 Å². The second kappa shape index (κ2) is 8.40. The lowest BCUT2D eigenvalue weighted by Gasteiger charge is -2.20. The predicted octanol–water partition coefficient (Wildman–Crippen LogP) is 3.42. The maximum atomic E-state index is 3.72. The van der Waals surface area contributed by atoms with Gasteiger partial charge in [-0.2, -0.15) is 0 Å². The molecule has 1 fully saturated rings. The van der Waals surface area contributed by atoms with Crippen LogP contribution in [0.15, 0.2) is 24.3 Å². The van der Waals surface area contributed by atoms with E-state index in [1.165, 1.54) is 56.6 Å². The zero-order chi connectivity index (χ0) is 15.1. The molecule has 0 saturated carbocycles. The van der Waals surface area contributed by atoms with Gasteiger partial charge in [0, 0.05) is 24.8 Å². The number of rotatable bonds is 6. The first kappa shape index (κ1) is 16.3. The van der Waals surface area contributed by atoms with Crippen LogP contribution in [0.2, 0.25) is 0 Å². The molecule has 3 nitrogen and oxygen atoms in total. The van der Waals surface area contributed by atoms with E-state index in [1.807, 2.05) is 0 Å². The molecule has 1 aromatic carbocycles. The summed E-state index contributed by atoms with van der Waals surface area (Å²) in [6, 6.07) is 9.57. The van der Waals surface area contributed by atoms with Crippen LogP contribution < -0.4 is 5.32 Å². The molecule has 0 aliphatic carbocycles. The molecule has 2 rings (SSSR count). The fourth-order valence-corrected chi connectivity index (χ4v) is 3.15. The van der Waals surface area contributed by atoms with Crippen molar-refractivity contribution in [2.24, 2.45) is 0 Å². The summed E-state index contributed by atoms with van der Waals surface area (Å²) in [4.78, 5) is 4.82. The molecule has 1 N–H and O–H groups in total. The number of nitrogens with one attached hydrogen (secondary N) is 1. The smallest absolute Gasteiger partial charge is 0.0342 e. The number of likely N-dealkylation sites (tertiary alicyclic amines) is 1. The SMILES string of the molecule is CCCN1CCCC(Nc2ccc(CN(C)C)cc2)CC1. The molecular formula is C18H31N3. The second-order valence-corrected chi connectivity index (χ2v) is 6.55. The summed E-state index contributed by atoms with van der Waals surface area (Å²) in [5.41, 5.74) is 2.65. The Labute approximate surface area is 130 Å². The molecule has 1 aliphatic heterocycles. The van der Waals surface area contributed by atoms with Crippen molar-refractivity contribution < 1.29 is 0 Å². The van der Waals surface area contributed by atoms with E-state index in [-0.39, 0.29) is 0 Å². The lowest BCUT2D eigenvalue weighted by Crippen LogP contribution is -2.27. The summed E-state index contributed by atoms with van der Waals surface area (Å²) >= 11 is 0. The number of nitrogens with zero attached hydrogens (tertiary/aromatic N) is 2. The Hall–Kier alpha value is -1.06. The molecule has 21 heavy (non-hydrogen) atoms. The Kier molecular flexibility index (Phi) is 6.52. The summed E-state index contributed by atoms with van der Waals surface area (Å²) in [5, 5.41) is 3.72. The Morgan fingerprint density at radius 1 is 1.14 bits per heavy atom. The molecule has 0 aromatic heterocycles. The number of hydrogen-bond acceptors (Lipinski definition) is 3. The minimum atomic E-state index is 0.631. The van der Waals surface area contributed by atoms with Crippen LogP contribution in [0.5, 0.6) is 0 Å². The maximum Gasteiger partial charge on any atom is 0.0342 e. The van der Waals surface area contributed by atoms with Gasteiger partial charge in [-0.15, -0.1) is 0 Å². The minimum absolute atomic E-state index is 0.631. The van der Waals surface area contributed by atoms with Crippen molar-refractivity contribution in [1.29, 1.82) is 0 Å². The molecule has 0 radical (unpaired) electrons. The molecule has 1 aliphatic rings. The average molecular weight is 289 g/mol. The van der Waals surface area contributed by atoms with Crippen molar-refractivity contribution in [3.8, 4) is 0 Å². The normalized spacial score (nSPS) is 20.5. The van der Waals surface area contributed by atoms with E-state index < -0.39 is 0 Å². The fraction of sp³-hybridized carbons (Fsp3) is 0.667. The Bertz CT molecular complexity index is 399. The van der Waals surface area contributed by atoms with Crippen LogP contribution in [-0.4, -0.2) is 49.6 Å². The van der Waals surface area contributed by atoms with Gasteiger partial charge < -0.3 is 15.1 Å². The Morgan fingerprint density at radius 2 is 1.90 bits per heavy atom. The third-order valence-corrected chi connectivity index (χ3v) is 4.18. The molecule has 1 unspecified atom stereocenters. The highest BCUT2D eigenvalue weighted by atomic mass is 15.1. The van der Waals surface area contributed by atoms with Crippen molar-refractivity contribution in [1.82, 2.24) is 9.80 Å². The molecule has 1 heterocycles. The van der Waals surface area contributed by atoms with Crippen molar-refractivity contribution in [2.75, 3.05) is 39.0 Å². The molecule has 0 spiro atoms. The molecule has 1 aromatic rings. The second-order valence-electron chi connectivity index (χ2n) is 6.55. The van der Waals surface area contributed by atoms with E-state index in [2.05, 4.69) is 60.4 Å². The quantitative estimate of drug-likeness (QED) is 0.865.